The van der Waals surface area contributed by atoms with E-state index in [1.165, 1.54) is 0 Å². The highest BCUT2D eigenvalue weighted by Crippen LogP contribution is 2.31. The van der Waals surface area contributed by atoms with Crippen LogP contribution in [0, 0.1) is 0 Å². The summed E-state index contributed by atoms with van der Waals surface area (Å²) in [5, 5.41) is 3.20. The molecule has 3 rings (SSSR count). The fourth-order valence-electron chi connectivity index (χ4n) is 2.22. The molecule has 1 aromatic carbocycles. The first-order chi connectivity index (χ1) is 9.05. The summed E-state index contributed by atoms with van der Waals surface area (Å²) < 4.78 is 34.5. The second-order valence-electron chi connectivity index (χ2n) is 4.47. The van der Waals surface area contributed by atoms with Crippen LogP contribution in [0.5, 0.6) is 5.75 Å². The van der Waals surface area contributed by atoms with Crippen molar-refractivity contribution in [3.63, 3.8) is 0 Å². The van der Waals surface area contributed by atoms with Crippen molar-refractivity contribution in [2.75, 3.05) is 17.8 Å². The number of ether oxygens (including phenoxy) is 1. The maximum Gasteiger partial charge on any atom is 0.344 e. The van der Waals surface area contributed by atoms with E-state index >= 15 is 0 Å². The van der Waals surface area contributed by atoms with Crippen LogP contribution in [0.15, 0.2) is 22.6 Å². The normalized spacial score (nSPS) is 24.2. The summed E-state index contributed by atoms with van der Waals surface area (Å²) in [4.78, 5) is 0. The molecule has 0 unspecified atom stereocenters. The Morgan fingerprint density at radius 3 is 3.00 bits per heavy atom. The van der Waals surface area contributed by atoms with Gasteiger partial charge in [-0.05, 0) is 25.1 Å². The van der Waals surface area contributed by atoms with Gasteiger partial charge in [0.25, 0.3) is 0 Å². The topological polar surface area (TPSA) is 106 Å². The van der Waals surface area contributed by atoms with Gasteiger partial charge in [-0.25, -0.2) is 0 Å². The van der Waals surface area contributed by atoms with Gasteiger partial charge in [-0.1, -0.05) is 6.07 Å². The van der Waals surface area contributed by atoms with Crippen molar-refractivity contribution < 1.29 is 13.2 Å². The van der Waals surface area contributed by atoms with Gasteiger partial charge in [0.2, 0.25) is 0 Å². The lowest BCUT2D eigenvalue weighted by Crippen LogP contribution is -2.28. The molecule has 2 heterocycles. The number of nitrogens with zero attached hydrogens (tertiary/aromatic N) is 1. The Balaban J connectivity index is 1.99. The minimum atomic E-state index is -3.74. The van der Waals surface area contributed by atoms with Crippen LogP contribution >= 0.6 is 0 Å². The number of hydrogen-bond acceptors (Lipinski definition) is 5. The molecular weight excluding hydrogens is 268 g/mol. The van der Waals surface area contributed by atoms with Gasteiger partial charge in [-0.3, -0.25) is 4.72 Å². The zero-order valence-electron chi connectivity index (χ0n) is 10.1. The molecular formula is C11H14N4O3S. The Labute approximate surface area is 111 Å². The van der Waals surface area contributed by atoms with E-state index in [1.807, 2.05) is 0 Å². The number of nitrogens with one attached hydrogen (secondary N) is 2. The number of benzene rings is 1. The summed E-state index contributed by atoms with van der Waals surface area (Å²) in [6.07, 6.45) is 0.977. The predicted octanol–water partition coefficient (Wildman–Crippen LogP) is -0.197. The van der Waals surface area contributed by atoms with E-state index < -0.39 is 10.2 Å². The molecule has 4 N–H and O–H groups in total. The fourth-order valence-corrected chi connectivity index (χ4v) is 3.07. The third kappa shape index (κ3) is 2.36. The second kappa shape index (κ2) is 4.39. The monoisotopic (exact) mass is 282 g/mol. The van der Waals surface area contributed by atoms with Crippen LogP contribution in [0.1, 0.15) is 12.0 Å². The highest BCUT2D eigenvalue weighted by atomic mass is 32.2. The van der Waals surface area contributed by atoms with E-state index in [0.29, 0.717) is 17.0 Å². The van der Waals surface area contributed by atoms with E-state index in [4.69, 9.17) is 10.5 Å². The SMILES string of the molecule is NC1=NS(=O)(=O)Nc2cccc(O[C@@H]3CCNC3)c21. The number of hydrogen-bond donors (Lipinski definition) is 3. The largest absolute Gasteiger partial charge is 0.488 e. The summed E-state index contributed by atoms with van der Waals surface area (Å²) >= 11 is 0. The van der Waals surface area contributed by atoms with E-state index in [0.717, 1.165) is 19.5 Å². The van der Waals surface area contributed by atoms with Crippen molar-refractivity contribution in [1.29, 1.82) is 0 Å². The number of rotatable bonds is 2. The first kappa shape index (κ1) is 12.2. The van der Waals surface area contributed by atoms with Gasteiger partial charge in [0, 0.05) is 6.54 Å². The van der Waals surface area contributed by atoms with Gasteiger partial charge in [0.05, 0.1) is 11.3 Å². The molecule has 1 aromatic rings. The van der Waals surface area contributed by atoms with Crippen molar-refractivity contribution in [3.05, 3.63) is 23.8 Å². The minimum absolute atomic E-state index is 0.0460. The molecule has 0 saturated carbocycles. The third-order valence-corrected chi connectivity index (χ3v) is 3.96. The number of fused-ring (bicyclic) bond motifs is 1. The molecule has 0 aliphatic carbocycles. The maximum atomic E-state index is 11.5. The van der Waals surface area contributed by atoms with Gasteiger partial charge in [0.15, 0.2) is 5.84 Å². The summed E-state index contributed by atoms with van der Waals surface area (Å²) in [6, 6.07) is 5.12. The first-order valence-electron chi connectivity index (χ1n) is 5.94. The summed E-state index contributed by atoms with van der Waals surface area (Å²) in [7, 11) is -3.74. The zero-order valence-corrected chi connectivity index (χ0v) is 10.9. The second-order valence-corrected chi connectivity index (χ2v) is 5.80. The Morgan fingerprint density at radius 2 is 2.26 bits per heavy atom. The van der Waals surface area contributed by atoms with Crippen molar-refractivity contribution in [3.8, 4) is 5.75 Å². The van der Waals surface area contributed by atoms with Gasteiger partial charge in [-0.15, -0.1) is 4.40 Å². The number of nitrogens with two attached hydrogens (primary N) is 1. The lowest BCUT2D eigenvalue weighted by molar-refractivity contribution is 0.223. The number of amidine groups is 1. The molecule has 2 aliphatic rings. The van der Waals surface area contributed by atoms with Crippen molar-refractivity contribution >= 4 is 21.7 Å². The molecule has 19 heavy (non-hydrogen) atoms. The molecule has 1 fully saturated rings. The molecule has 1 saturated heterocycles. The van der Waals surface area contributed by atoms with Crippen molar-refractivity contribution in [1.82, 2.24) is 5.32 Å². The highest BCUT2D eigenvalue weighted by molar-refractivity contribution is 7.91. The molecule has 7 nitrogen and oxygen atoms in total. The molecule has 0 spiro atoms. The van der Waals surface area contributed by atoms with Crippen molar-refractivity contribution in [2.24, 2.45) is 10.1 Å². The summed E-state index contributed by atoms with van der Waals surface area (Å²) in [6.45, 7) is 1.68. The zero-order chi connectivity index (χ0) is 13.5. The first-order valence-corrected chi connectivity index (χ1v) is 7.38. The van der Waals surface area contributed by atoms with Gasteiger partial charge < -0.3 is 15.8 Å². The average Bonchev–Trinajstić information content (AvgIpc) is 2.79. The Morgan fingerprint density at radius 1 is 1.42 bits per heavy atom. The lowest BCUT2D eigenvalue weighted by atomic mass is 10.1. The maximum absolute atomic E-state index is 11.5. The van der Waals surface area contributed by atoms with E-state index in [-0.39, 0.29) is 11.9 Å². The molecule has 0 amide bonds. The van der Waals surface area contributed by atoms with E-state index in [1.54, 1.807) is 18.2 Å². The average molecular weight is 282 g/mol. The van der Waals surface area contributed by atoms with Crippen LogP contribution < -0.4 is 20.5 Å². The fraction of sp³-hybridized carbons (Fsp3) is 0.364. The molecule has 0 bridgehead atoms. The van der Waals surface area contributed by atoms with Crippen LogP contribution in [0.25, 0.3) is 0 Å². The molecule has 0 aromatic heterocycles. The third-order valence-electron chi connectivity index (χ3n) is 3.05. The standard InChI is InChI=1S/C11H14N4O3S/c12-11-10-8(14-19(16,17)15-11)2-1-3-9(10)18-7-4-5-13-6-7/h1-3,7,13-14H,4-6H2,(H2,12,15)/t7-/m1/s1. The molecule has 102 valence electrons. The van der Waals surface area contributed by atoms with Gasteiger partial charge >= 0.3 is 10.2 Å². The lowest BCUT2D eigenvalue weighted by Gasteiger charge is -2.21. The van der Waals surface area contributed by atoms with Crippen LogP contribution in [0.2, 0.25) is 0 Å². The van der Waals surface area contributed by atoms with Crippen LogP contribution in [-0.2, 0) is 10.2 Å². The van der Waals surface area contributed by atoms with Crippen LogP contribution in [0.4, 0.5) is 5.69 Å². The summed E-state index contributed by atoms with van der Waals surface area (Å²) in [5.41, 5.74) is 6.64. The molecule has 8 heteroatoms. The van der Waals surface area contributed by atoms with Crippen LogP contribution in [0.3, 0.4) is 0 Å². The predicted molar refractivity (Wildman–Crippen MR) is 71.6 cm³/mol. The van der Waals surface area contributed by atoms with Gasteiger partial charge in [-0.2, -0.15) is 8.42 Å². The highest BCUT2D eigenvalue weighted by Gasteiger charge is 2.26. The molecule has 2 aliphatic heterocycles. The van der Waals surface area contributed by atoms with E-state index in [2.05, 4.69) is 14.4 Å². The Kier molecular flexibility index (Phi) is 2.83. The smallest absolute Gasteiger partial charge is 0.344 e. The molecule has 0 radical (unpaired) electrons. The van der Waals surface area contributed by atoms with Crippen LogP contribution in [-0.4, -0.2) is 33.4 Å². The minimum Gasteiger partial charge on any atom is -0.488 e. The number of anilines is 1. The Hall–Kier alpha value is -1.80. The van der Waals surface area contributed by atoms with E-state index in [9.17, 15) is 8.42 Å². The molecule has 1 atom stereocenters. The van der Waals surface area contributed by atoms with Crippen molar-refractivity contribution in [2.45, 2.75) is 12.5 Å². The summed E-state index contributed by atoms with van der Waals surface area (Å²) in [5.74, 6) is 0.505. The van der Waals surface area contributed by atoms with Gasteiger partial charge in [0.1, 0.15) is 11.9 Å². The Bertz CT molecular complexity index is 635. The quantitative estimate of drug-likeness (QED) is 0.696.